The first-order chi connectivity index (χ1) is 9.74. The van der Waals surface area contributed by atoms with Crippen molar-refractivity contribution in [2.45, 2.75) is 25.7 Å². The van der Waals surface area contributed by atoms with E-state index < -0.39 is 0 Å². The number of ether oxygens (including phenoxy) is 1. The Morgan fingerprint density at radius 2 is 2.15 bits per heavy atom. The van der Waals surface area contributed by atoms with E-state index in [-0.39, 0.29) is 5.91 Å². The first kappa shape index (κ1) is 13.1. The maximum absolute atomic E-state index is 12.0. The number of rotatable bonds is 4. The molecular weight excluding hydrogens is 272 g/mol. The van der Waals surface area contributed by atoms with E-state index in [1.54, 1.807) is 18.4 Å². The largest absolute Gasteiger partial charge is 0.497 e. The van der Waals surface area contributed by atoms with Gasteiger partial charge in [-0.25, -0.2) is 4.98 Å². The first-order valence-electron chi connectivity index (χ1n) is 6.66. The molecular formula is C15H16N2O2S. The summed E-state index contributed by atoms with van der Waals surface area (Å²) in [5.41, 5.74) is 2.13. The lowest BCUT2D eigenvalue weighted by Gasteiger charge is -2.04. The van der Waals surface area contributed by atoms with Gasteiger partial charge in [0.2, 0.25) is 5.91 Å². The molecule has 1 heterocycles. The zero-order valence-electron chi connectivity index (χ0n) is 11.3. The summed E-state index contributed by atoms with van der Waals surface area (Å²) in [5, 5.41) is 3.62. The number of nitrogens with one attached hydrogen (secondary N) is 1. The van der Waals surface area contributed by atoms with Crippen molar-refractivity contribution in [3.63, 3.8) is 0 Å². The van der Waals surface area contributed by atoms with Crippen LogP contribution in [0.5, 0.6) is 5.75 Å². The molecule has 0 atom stereocenters. The maximum atomic E-state index is 12.0. The van der Waals surface area contributed by atoms with E-state index in [0.29, 0.717) is 6.42 Å². The van der Waals surface area contributed by atoms with E-state index in [1.165, 1.54) is 11.3 Å². The average Bonchev–Trinajstić information content (AvgIpc) is 3.00. The van der Waals surface area contributed by atoms with Gasteiger partial charge in [0.25, 0.3) is 0 Å². The molecule has 1 amide bonds. The second kappa shape index (κ2) is 5.63. The van der Waals surface area contributed by atoms with E-state index >= 15 is 0 Å². The lowest BCUT2D eigenvalue weighted by atomic mass is 10.1. The Hall–Kier alpha value is -1.88. The number of carbonyl (C=O) groups excluding carboxylic acids is 1. The van der Waals surface area contributed by atoms with Gasteiger partial charge in [0.05, 0.1) is 19.2 Å². The number of carbonyl (C=O) groups is 1. The smallest absolute Gasteiger partial charge is 0.230 e. The number of amides is 1. The minimum absolute atomic E-state index is 0.0254. The van der Waals surface area contributed by atoms with Gasteiger partial charge in [0, 0.05) is 4.88 Å². The molecule has 0 aliphatic heterocycles. The topological polar surface area (TPSA) is 51.2 Å². The summed E-state index contributed by atoms with van der Waals surface area (Å²) in [4.78, 5) is 17.8. The molecule has 4 nitrogen and oxygen atoms in total. The zero-order chi connectivity index (χ0) is 13.9. The number of thiazole rings is 1. The third-order valence-corrected chi connectivity index (χ3v) is 4.44. The maximum Gasteiger partial charge on any atom is 0.230 e. The highest BCUT2D eigenvalue weighted by molar-refractivity contribution is 7.15. The van der Waals surface area contributed by atoms with Crippen LogP contribution in [0.1, 0.15) is 22.6 Å². The summed E-state index contributed by atoms with van der Waals surface area (Å²) < 4.78 is 5.10. The molecule has 1 aromatic heterocycles. The summed E-state index contributed by atoms with van der Waals surface area (Å²) in [7, 11) is 1.63. The van der Waals surface area contributed by atoms with Gasteiger partial charge in [0.1, 0.15) is 5.75 Å². The summed E-state index contributed by atoms with van der Waals surface area (Å²) in [6, 6.07) is 7.53. The molecule has 0 spiro atoms. The molecule has 1 aromatic carbocycles. The lowest BCUT2D eigenvalue weighted by Crippen LogP contribution is -2.14. The highest BCUT2D eigenvalue weighted by Crippen LogP contribution is 2.30. The van der Waals surface area contributed by atoms with Gasteiger partial charge in [-0.15, -0.1) is 11.3 Å². The number of anilines is 1. The Labute approximate surface area is 121 Å². The standard InChI is InChI=1S/C15H16N2O2S/c1-19-11-7-5-10(6-8-11)9-14(18)17-15-16-12-3-2-4-13(12)20-15/h5-8H,2-4,9H2,1H3,(H,16,17,18). The fraction of sp³-hybridized carbons (Fsp3) is 0.333. The van der Waals surface area contributed by atoms with Crippen molar-refractivity contribution in [2.75, 3.05) is 12.4 Å². The number of hydrogen-bond acceptors (Lipinski definition) is 4. The number of aromatic nitrogens is 1. The molecule has 0 bridgehead atoms. The molecule has 2 aromatic rings. The Bertz CT molecular complexity index is 598. The normalized spacial score (nSPS) is 13.1. The second-order valence-corrected chi connectivity index (χ2v) is 5.90. The third-order valence-electron chi connectivity index (χ3n) is 3.37. The molecule has 3 rings (SSSR count). The van der Waals surface area contributed by atoms with Crippen LogP contribution in [0, 0.1) is 0 Å². The van der Waals surface area contributed by atoms with Crippen molar-refractivity contribution < 1.29 is 9.53 Å². The van der Waals surface area contributed by atoms with Gasteiger partial charge >= 0.3 is 0 Å². The third kappa shape index (κ3) is 2.82. The highest BCUT2D eigenvalue weighted by atomic mass is 32.1. The van der Waals surface area contributed by atoms with Crippen LogP contribution in [0.15, 0.2) is 24.3 Å². The van der Waals surface area contributed by atoms with Crippen LogP contribution in [-0.4, -0.2) is 18.0 Å². The van der Waals surface area contributed by atoms with Crippen LogP contribution < -0.4 is 10.1 Å². The predicted octanol–water partition coefficient (Wildman–Crippen LogP) is 2.82. The second-order valence-electron chi connectivity index (χ2n) is 4.82. The van der Waals surface area contributed by atoms with Crippen LogP contribution in [0.3, 0.4) is 0 Å². The summed E-state index contributed by atoms with van der Waals surface area (Å²) in [6.07, 6.45) is 3.68. The van der Waals surface area contributed by atoms with Crippen molar-refractivity contribution in [1.82, 2.24) is 4.98 Å². The average molecular weight is 288 g/mol. The van der Waals surface area contributed by atoms with Gasteiger partial charge in [-0.2, -0.15) is 0 Å². The van der Waals surface area contributed by atoms with Gasteiger partial charge in [-0.1, -0.05) is 12.1 Å². The van der Waals surface area contributed by atoms with Crippen LogP contribution >= 0.6 is 11.3 Å². The lowest BCUT2D eigenvalue weighted by molar-refractivity contribution is -0.115. The van der Waals surface area contributed by atoms with E-state index in [9.17, 15) is 4.79 Å². The molecule has 1 N–H and O–H groups in total. The molecule has 0 saturated heterocycles. The molecule has 1 aliphatic rings. The van der Waals surface area contributed by atoms with Crippen molar-refractivity contribution in [1.29, 1.82) is 0 Å². The quantitative estimate of drug-likeness (QED) is 0.941. The molecule has 1 aliphatic carbocycles. The summed E-state index contributed by atoms with van der Waals surface area (Å²) in [6.45, 7) is 0. The minimum Gasteiger partial charge on any atom is -0.497 e. The van der Waals surface area contributed by atoms with Crippen LogP contribution in [0.2, 0.25) is 0 Å². The minimum atomic E-state index is -0.0254. The monoisotopic (exact) mass is 288 g/mol. The Morgan fingerprint density at radius 1 is 1.35 bits per heavy atom. The molecule has 0 radical (unpaired) electrons. The first-order valence-corrected chi connectivity index (χ1v) is 7.47. The number of nitrogens with zero attached hydrogens (tertiary/aromatic N) is 1. The molecule has 104 valence electrons. The van der Waals surface area contributed by atoms with E-state index in [0.717, 1.165) is 35.0 Å². The van der Waals surface area contributed by atoms with Crippen molar-refractivity contribution >= 4 is 22.4 Å². The predicted molar refractivity (Wildman–Crippen MR) is 79.5 cm³/mol. The highest BCUT2D eigenvalue weighted by Gasteiger charge is 2.17. The van der Waals surface area contributed by atoms with Gasteiger partial charge < -0.3 is 10.1 Å². The SMILES string of the molecule is COc1ccc(CC(=O)Nc2nc3c(s2)CCC3)cc1. The van der Waals surface area contributed by atoms with Crippen LogP contribution in [0.25, 0.3) is 0 Å². The summed E-state index contributed by atoms with van der Waals surface area (Å²) >= 11 is 1.60. The van der Waals surface area contributed by atoms with E-state index in [4.69, 9.17) is 4.74 Å². The Kier molecular flexibility index (Phi) is 3.69. The van der Waals surface area contributed by atoms with Gasteiger partial charge in [0.15, 0.2) is 5.13 Å². The molecule has 0 saturated carbocycles. The van der Waals surface area contributed by atoms with Gasteiger partial charge in [-0.05, 0) is 37.0 Å². The number of benzene rings is 1. The molecule has 0 unspecified atom stereocenters. The fourth-order valence-corrected chi connectivity index (χ4v) is 3.40. The molecule has 5 heteroatoms. The number of aryl methyl sites for hydroxylation is 2. The molecule has 20 heavy (non-hydrogen) atoms. The van der Waals surface area contributed by atoms with E-state index in [1.807, 2.05) is 24.3 Å². The number of methoxy groups -OCH3 is 1. The number of hydrogen-bond donors (Lipinski definition) is 1. The van der Waals surface area contributed by atoms with Crippen molar-refractivity contribution in [3.05, 3.63) is 40.4 Å². The van der Waals surface area contributed by atoms with E-state index in [2.05, 4.69) is 10.3 Å². The van der Waals surface area contributed by atoms with Crippen molar-refractivity contribution in [3.8, 4) is 5.75 Å². The van der Waals surface area contributed by atoms with Crippen molar-refractivity contribution in [2.24, 2.45) is 0 Å². The fourth-order valence-electron chi connectivity index (χ4n) is 2.34. The van der Waals surface area contributed by atoms with Crippen LogP contribution in [0.4, 0.5) is 5.13 Å². The van der Waals surface area contributed by atoms with Gasteiger partial charge in [-0.3, -0.25) is 4.79 Å². The Morgan fingerprint density at radius 3 is 2.85 bits per heavy atom. The molecule has 0 fully saturated rings. The summed E-state index contributed by atoms with van der Waals surface area (Å²) in [5.74, 6) is 0.771. The Balaban J connectivity index is 1.60. The number of fused-ring (bicyclic) bond motifs is 1. The van der Waals surface area contributed by atoms with Crippen LogP contribution in [-0.2, 0) is 24.1 Å². The zero-order valence-corrected chi connectivity index (χ0v) is 12.1.